The van der Waals surface area contributed by atoms with Crippen LogP contribution in [0.25, 0.3) is 0 Å². The Morgan fingerprint density at radius 1 is 1.36 bits per heavy atom. The van der Waals surface area contributed by atoms with Crippen molar-refractivity contribution in [2.75, 3.05) is 12.1 Å². The number of nitrogens with zero attached hydrogens (tertiary/aromatic N) is 3. The van der Waals surface area contributed by atoms with E-state index < -0.39 is 23.0 Å². The highest BCUT2D eigenvalue weighted by molar-refractivity contribution is 5.77. The lowest BCUT2D eigenvalue weighted by atomic mass is 9.99. The fourth-order valence-electron chi connectivity index (χ4n) is 3.39. The first-order valence-electron chi connectivity index (χ1n) is 8.21. The number of hydrazine groups is 1. The highest BCUT2D eigenvalue weighted by Gasteiger charge is 2.47. The summed E-state index contributed by atoms with van der Waals surface area (Å²) in [6.07, 6.45) is 0.439. The quantitative estimate of drug-likeness (QED) is 0.443. The van der Waals surface area contributed by atoms with Crippen molar-refractivity contribution in [3.05, 3.63) is 40.4 Å². The fraction of sp³-hybridized carbons (Fsp3) is 0.529. The van der Waals surface area contributed by atoms with E-state index in [0.29, 0.717) is 6.42 Å². The molecule has 0 aromatic heterocycles. The Bertz CT molecular complexity index is 636. The van der Waals surface area contributed by atoms with E-state index in [2.05, 4.69) is 4.74 Å². The maximum atomic E-state index is 12.3. The summed E-state index contributed by atoms with van der Waals surface area (Å²) >= 11 is 0. The number of nitro groups is 1. The lowest BCUT2D eigenvalue weighted by molar-refractivity contribution is -0.530. The summed E-state index contributed by atoms with van der Waals surface area (Å²) in [6, 6.07) is 7.61. The molecule has 1 aliphatic heterocycles. The van der Waals surface area contributed by atoms with E-state index in [0.717, 1.165) is 5.69 Å². The van der Waals surface area contributed by atoms with Gasteiger partial charge in [-0.3, -0.25) is 24.7 Å². The summed E-state index contributed by atoms with van der Waals surface area (Å²) in [5.41, 5.74) is 0.808. The highest BCUT2D eigenvalue weighted by atomic mass is 16.6. The van der Waals surface area contributed by atoms with Crippen molar-refractivity contribution >= 4 is 17.6 Å². The first-order chi connectivity index (χ1) is 11.9. The summed E-state index contributed by atoms with van der Waals surface area (Å²) in [6.45, 7) is 3.33. The summed E-state index contributed by atoms with van der Waals surface area (Å²) in [5.74, 6) is -0.754. The Kier molecular flexibility index (Phi) is 5.95. The topological polar surface area (TPSA) is 93.0 Å². The number of esters is 1. The van der Waals surface area contributed by atoms with Crippen molar-refractivity contribution in [1.82, 2.24) is 5.01 Å². The molecule has 1 fully saturated rings. The maximum absolute atomic E-state index is 12.3. The Balaban J connectivity index is 2.30. The molecule has 0 bridgehead atoms. The number of anilines is 1. The number of amides is 1. The van der Waals surface area contributed by atoms with Gasteiger partial charge >= 0.3 is 5.97 Å². The summed E-state index contributed by atoms with van der Waals surface area (Å²) in [7, 11) is 1.25. The van der Waals surface area contributed by atoms with Gasteiger partial charge < -0.3 is 4.74 Å². The van der Waals surface area contributed by atoms with Gasteiger partial charge in [0.05, 0.1) is 25.3 Å². The van der Waals surface area contributed by atoms with E-state index in [1.165, 1.54) is 19.0 Å². The molecule has 1 amide bonds. The first kappa shape index (κ1) is 18.7. The molecule has 1 aromatic rings. The van der Waals surface area contributed by atoms with Gasteiger partial charge in [0.15, 0.2) is 0 Å². The molecule has 8 nitrogen and oxygen atoms in total. The standard InChI is InChI=1S/C17H23N3O5/c1-12-11-16(15(20(23)24)9-10-17(22)25-3)19(13(2)21)18(12)14-7-5-4-6-8-14/h4-8,12,15-16H,9-11H2,1-3H3. The van der Waals surface area contributed by atoms with Crippen LogP contribution in [0.5, 0.6) is 0 Å². The Hall–Kier alpha value is -2.64. The Labute approximate surface area is 146 Å². The van der Waals surface area contributed by atoms with Crippen molar-refractivity contribution in [2.24, 2.45) is 0 Å². The van der Waals surface area contributed by atoms with Crippen molar-refractivity contribution in [3.8, 4) is 0 Å². The summed E-state index contributed by atoms with van der Waals surface area (Å²) < 4.78 is 4.58. The van der Waals surface area contributed by atoms with E-state index in [1.54, 1.807) is 0 Å². The molecule has 3 unspecified atom stereocenters. The second-order valence-corrected chi connectivity index (χ2v) is 6.16. The van der Waals surface area contributed by atoms with Crippen LogP contribution >= 0.6 is 0 Å². The smallest absolute Gasteiger partial charge is 0.305 e. The van der Waals surface area contributed by atoms with Gasteiger partial charge in [0.1, 0.15) is 6.04 Å². The fourth-order valence-corrected chi connectivity index (χ4v) is 3.39. The van der Waals surface area contributed by atoms with Crippen LogP contribution in [0.15, 0.2) is 30.3 Å². The second kappa shape index (κ2) is 7.96. The number of ether oxygens (including phenoxy) is 1. The molecule has 1 saturated heterocycles. The van der Waals surface area contributed by atoms with Crippen LogP contribution in [-0.2, 0) is 14.3 Å². The Morgan fingerprint density at radius 3 is 2.52 bits per heavy atom. The van der Waals surface area contributed by atoms with Gasteiger partial charge in [-0.2, -0.15) is 0 Å². The van der Waals surface area contributed by atoms with Gasteiger partial charge in [-0.1, -0.05) is 18.2 Å². The molecule has 0 N–H and O–H groups in total. The Morgan fingerprint density at radius 2 is 2.00 bits per heavy atom. The molecule has 1 aromatic carbocycles. The molecule has 0 aliphatic carbocycles. The van der Waals surface area contributed by atoms with Gasteiger partial charge in [-0.25, -0.2) is 5.01 Å². The molecule has 0 spiro atoms. The van der Waals surface area contributed by atoms with Crippen LogP contribution in [0.4, 0.5) is 5.69 Å². The predicted octanol–water partition coefficient (Wildman–Crippen LogP) is 2.02. The van der Waals surface area contributed by atoms with E-state index >= 15 is 0 Å². The lowest BCUT2D eigenvalue weighted by Crippen LogP contribution is -2.51. The van der Waals surface area contributed by atoms with Crippen molar-refractivity contribution in [3.63, 3.8) is 0 Å². The number of carbonyl (C=O) groups is 2. The van der Waals surface area contributed by atoms with Crippen molar-refractivity contribution < 1.29 is 19.2 Å². The third kappa shape index (κ3) is 4.07. The predicted molar refractivity (Wildman–Crippen MR) is 91.3 cm³/mol. The molecule has 136 valence electrons. The number of para-hydroxylation sites is 1. The molecule has 1 heterocycles. The maximum Gasteiger partial charge on any atom is 0.305 e. The van der Waals surface area contributed by atoms with Crippen LogP contribution in [0, 0.1) is 10.1 Å². The zero-order valence-corrected chi connectivity index (χ0v) is 14.6. The van der Waals surface area contributed by atoms with Crippen LogP contribution in [0.1, 0.15) is 33.1 Å². The molecule has 1 aliphatic rings. The SMILES string of the molecule is COC(=O)CCC(C1CC(C)N(c2ccccc2)N1C(C)=O)[N+](=O)[O-]. The zero-order valence-electron chi connectivity index (χ0n) is 14.6. The number of benzene rings is 1. The van der Waals surface area contributed by atoms with E-state index in [1.807, 2.05) is 42.3 Å². The van der Waals surface area contributed by atoms with Crippen LogP contribution in [0.2, 0.25) is 0 Å². The highest BCUT2D eigenvalue weighted by Crippen LogP contribution is 2.34. The van der Waals surface area contributed by atoms with Crippen molar-refractivity contribution in [2.45, 2.75) is 51.2 Å². The van der Waals surface area contributed by atoms with E-state index in [9.17, 15) is 19.7 Å². The molecule has 0 saturated carbocycles. The zero-order chi connectivity index (χ0) is 18.6. The number of carbonyl (C=O) groups excluding carboxylic acids is 2. The number of rotatable bonds is 6. The number of hydrogen-bond acceptors (Lipinski definition) is 6. The molecule has 25 heavy (non-hydrogen) atoms. The summed E-state index contributed by atoms with van der Waals surface area (Å²) in [5, 5.41) is 14.9. The van der Waals surface area contributed by atoms with Crippen LogP contribution < -0.4 is 5.01 Å². The van der Waals surface area contributed by atoms with Gasteiger partial charge in [0.25, 0.3) is 0 Å². The third-order valence-corrected chi connectivity index (χ3v) is 4.48. The molecule has 0 radical (unpaired) electrons. The molecular weight excluding hydrogens is 326 g/mol. The third-order valence-electron chi connectivity index (χ3n) is 4.48. The van der Waals surface area contributed by atoms with Crippen LogP contribution in [0.3, 0.4) is 0 Å². The lowest BCUT2D eigenvalue weighted by Gasteiger charge is -2.35. The number of methoxy groups -OCH3 is 1. The van der Waals surface area contributed by atoms with Gasteiger partial charge in [0.2, 0.25) is 11.9 Å². The minimum Gasteiger partial charge on any atom is -0.469 e. The first-order valence-corrected chi connectivity index (χ1v) is 8.21. The monoisotopic (exact) mass is 349 g/mol. The number of hydrogen-bond donors (Lipinski definition) is 0. The minimum atomic E-state index is -1.03. The second-order valence-electron chi connectivity index (χ2n) is 6.16. The summed E-state index contributed by atoms with van der Waals surface area (Å²) in [4.78, 5) is 34.9. The van der Waals surface area contributed by atoms with Gasteiger partial charge in [-0.05, 0) is 25.5 Å². The largest absolute Gasteiger partial charge is 0.469 e. The normalized spacial score (nSPS) is 21.1. The molecule has 8 heteroatoms. The van der Waals surface area contributed by atoms with Gasteiger partial charge in [-0.15, -0.1) is 0 Å². The van der Waals surface area contributed by atoms with Crippen LogP contribution in [-0.4, -0.2) is 47.0 Å². The molecular formula is C17H23N3O5. The minimum absolute atomic E-state index is 0.0312. The van der Waals surface area contributed by atoms with E-state index in [-0.39, 0.29) is 24.8 Å². The molecule has 2 rings (SSSR count). The average Bonchev–Trinajstić information content (AvgIpc) is 2.92. The van der Waals surface area contributed by atoms with Crippen molar-refractivity contribution in [1.29, 1.82) is 0 Å². The average molecular weight is 349 g/mol. The van der Waals surface area contributed by atoms with E-state index in [4.69, 9.17) is 0 Å². The molecule has 3 atom stereocenters. The van der Waals surface area contributed by atoms with Gasteiger partial charge in [0, 0.05) is 18.3 Å².